The Labute approximate surface area is 107 Å². The number of aryl methyl sites for hydroxylation is 3. The van der Waals surface area contributed by atoms with Crippen LogP contribution in [0.2, 0.25) is 0 Å². The van der Waals surface area contributed by atoms with Crippen molar-refractivity contribution in [2.45, 2.75) is 27.3 Å². The third-order valence-electron chi connectivity index (χ3n) is 2.91. The van der Waals surface area contributed by atoms with Crippen molar-refractivity contribution in [1.82, 2.24) is 4.98 Å². The SMILES string of the molecule is COc1ccc(NCc2nc(C)c(C)o2)cc1C. The zero-order chi connectivity index (χ0) is 13.1. The molecule has 0 aliphatic heterocycles. The molecule has 1 aromatic heterocycles. The highest BCUT2D eigenvalue weighted by molar-refractivity contribution is 5.50. The minimum absolute atomic E-state index is 0.584. The van der Waals surface area contributed by atoms with E-state index in [0.29, 0.717) is 12.4 Å². The van der Waals surface area contributed by atoms with Gasteiger partial charge in [-0.05, 0) is 44.5 Å². The van der Waals surface area contributed by atoms with Crippen LogP contribution in [-0.4, -0.2) is 12.1 Å². The molecule has 0 radical (unpaired) electrons. The van der Waals surface area contributed by atoms with Crippen LogP contribution >= 0.6 is 0 Å². The van der Waals surface area contributed by atoms with Crippen LogP contribution in [0.5, 0.6) is 5.75 Å². The lowest BCUT2D eigenvalue weighted by Crippen LogP contribution is -2.00. The number of methoxy groups -OCH3 is 1. The smallest absolute Gasteiger partial charge is 0.213 e. The molecule has 0 saturated carbocycles. The van der Waals surface area contributed by atoms with Crippen molar-refractivity contribution >= 4 is 5.69 Å². The summed E-state index contributed by atoms with van der Waals surface area (Å²) in [5.74, 6) is 2.47. The average molecular weight is 246 g/mol. The van der Waals surface area contributed by atoms with Crippen molar-refractivity contribution in [2.24, 2.45) is 0 Å². The molecule has 1 N–H and O–H groups in total. The lowest BCUT2D eigenvalue weighted by Gasteiger charge is -2.08. The van der Waals surface area contributed by atoms with Gasteiger partial charge in [-0.3, -0.25) is 0 Å². The lowest BCUT2D eigenvalue weighted by molar-refractivity contribution is 0.412. The Hall–Kier alpha value is -1.97. The molecule has 0 amide bonds. The van der Waals surface area contributed by atoms with Crippen molar-refractivity contribution in [3.63, 3.8) is 0 Å². The van der Waals surface area contributed by atoms with Crippen LogP contribution in [0.25, 0.3) is 0 Å². The van der Waals surface area contributed by atoms with E-state index in [1.165, 1.54) is 0 Å². The summed E-state index contributed by atoms with van der Waals surface area (Å²) >= 11 is 0. The van der Waals surface area contributed by atoms with Gasteiger partial charge in [-0.15, -0.1) is 0 Å². The molecule has 96 valence electrons. The van der Waals surface area contributed by atoms with Crippen LogP contribution in [0.4, 0.5) is 5.69 Å². The Bertz CT molecular complexity index is 527. The highest BCUT2D eigenvalue weighted by Gasteiger charge is 2.05. The standard InChI is InChI=1S/C14H18N2O2/c1-9-7-12(5-6-13(9)17-4)15-8-14-16-10(2)11(3)18-14/h5-7,15H,8H2,1-4H3. The second kappa shape index (κ2) is 5.12. The molecular weight excluding hydrogens is 228 g/mol. The average Bonchev–Trinajstić information content (AvgIpc) is 2.66. The Kier molecular flexibility index (Phi) is 3.55. The number of hydrogen-bond acceptors (Lipinski definition) is 4. The number of rotatable bonds is 4. The Morgan fingerprint density at radius 2 is 2.06 bits per heavy atom. The normalized spacial score (nSPS) is 10.4. The van der Waals surface area contributed by atoms with Gasteiger partial charge in [0.1, 0.15) is 11.5 Å². The molecule has 0 aliphatic carbocycles. The molecule has 1 heterocycles. The fraction of sp³-hybridized carbons (Fsp3) is 0.357. The van der Waals surface area contributed by atoms with Gasteiger partial charge in [-0.1, -0.05) is 0 Å². The number of nitrogens with zero attached hydrogens (tertiary/aromatic N) is 1. The number of aromatic nitrogens is 1. The summed E-state index contributed by atoms with van der Waals surface area (Å²) in [5, 5.41) is 3.28. The molecule has 0 bridgehead atoms. The van der Waals surface area contributed by atoms with Crippen LogP contribution < -0.4 is 10.1 Å². The molecule has 0 atom stereocenters. The minimum atomic E-state index is 0.584. The third kappa shape index (κ3) is 2.64. The maximum Gasteiger partial charge on any atom is 0.213 e. The molecule has 0 unspecified atom stereocenters. The fourth-order valence-corrected chi connectivity index (χ4v) is 1.78. The molecule has 0 fully saturated rings. The topological polar surface area (TPSA) is 47.3 Å². The Morgan fingerprint density at radius 1 is 1.28 bits per heavy atom. The summed E-state index contributed by atoms with van der Waals surface area (Å²) in [6.07, 6.45) is 0. The summed E-state index contributed by atoms with van der Waals surface area (Å²) < 4.78 is 10.7. The van der Waals surface area contributed by atoms with Crippen LogP contribution in [0.1, 0.15) is 22.9 Å². The van der Waals surface area contributed by atoms with E-state index >= 15 is 0 Å². The van der Waals surface area contributed by atoms with Gasteiger partial charge >= 0.3 is 0 Å². The lowest BCUT2D eigenvalue weighted by atomic mass is 10.2. The van der Waals surface area contributed by atoms with Crippen LogP contribution in [0, 0.1) is 20.8 Å². The van der Waals surface area contributed by atoms with Gasteiger partial charge in [-0.2, -0.15) is 0 Å². The number of hydrogen-bond donors (Lipinski definition) is 1. The highest BCUT2D eigenvalue weighted by atomic mass is 16.5. The molecule has 1 aromatic carbocycles. The van der Waals surface area contributed by atoms with Crippen LogP contribution in [0.3, 0.4) is 0 Å². The van der Waals surface area contributed by atoms with Gasteiger partial charge in [-0.25, -0.2) is 4.98 Å². The first-order valence-corrected chi connectivity index (χ1v) is 5.91. The summed E-state index contributed by atoms with van der Waals surface area (Å²) in [5.41, 5.74) is 3.07. The van der Waals surface area contributed by atoms with E-state index in [2.05, 4.69) is 10.3 Å². The largest absolute Gasteiger partial charge is 0.496 e. The second-order valence-electron chi connectivity index (χ2n) is 4.29. The van der Waals surface area contributed by atoms with Gasteiger partial charge in [0.15, 0.2) is 0 Å². The molecular formula is C14H18N2O2. The number of oxazole rings is 1. The molecule has 2 rings (SSSR count). The predicted molar refractivity (Wildman–Crippen MR) is 71.0 cm³/mol. The number of ether oxygens (including phenoxy) is 1. The fourth-order valence-electron chi connectivity index (χ4n) is 1.78. The van der Waals surface area contributed by atoms with Crippen molar-refractivity contribution < 1.29 is 9.15 Å². The van der Waals surface area contributed by atoms with E-state index in [0.717, 1.165) is 28.5 Å². The summed E-state index contributed by atoms with van der Waals surface area (Å²) in [6.45, 7) is 6.47. The zero-order valence-electron chi connectivity index (χ0n) is 11.2. The van der Waals surface area contributed by atoms with Crippen molar-refractivity contribution in [1.29, 1.82) is 0 Å². The Balaban J connectivity index is 2.04. The first-order valence-electron chi connectivity index (χ1n) is 5.91. The van der Waals surface area contributed by atoms with E-state index in [1.807, 2.05) is 39.0 Å². The van der Waals surface area contributed by atoms with E-state index in [4.69, 9.17) is 9.15 Å². The van der Waals surface area contributed by atoms with Gasteiger partial charge in [0.25, 0.3) is 0 Å². The van der Waals surface area contributed by atoms with E-state index in [-0.39, 0.29) is 0 Å². The number of anilines is 1. The van der Waals surface area contributed by atoms with Gasteiger partial charge < -0.3 is 14.5 Å². The minimum Gasteiger partial charge on any atom is -0.496 e. The van der Waals surface area contributed by atoms with Gasteiger partial charge in [0, 0.05) is 5.69 Å². The maximum absolute atomic E-state index is 5.51. The molecule has 4 nitrogen and oxygen atoms in total. The third-order valence-corrected chi connectivity index (χ3v) is 2.91. The number of benzene rings is 1. The van der Waals surface area contributed by atoms with Crippen molar-refractivity contribution in [2.75, 3.05) is 12.4 Å². The predicted octanol–water partition coefficient (Wildman–Crippen LogP) is 3.22. The first kappa shape index (κ1) is 12.5. The van der Waals surface area contributed by atoms with Gasteiger partial charge in [0.2, 0.25) is 5.89 Å². The van der Waals surface area contributed by atoms with E-state index < -0.39 is 0 Å². The second-order valence-corrected chi connectivity index (χ2v) is 4.29. The maximum atomic E-state index is 5.51. The van der Waals surface area contributed by atoms with Crippen LogP contribution in [0.15, 0.2) is 22.6 Å². The van der Waals surface area contributed by atoms with E-state index in [9.17, 15) is 0 Å². The quantitative estimate of drug-likeness (QED) is 0.899. The summed E-state index contributed by atoms with van der Waals surface area (Å²) in [7, 11) is 1.67. The molecule has 0 saturated heterocycles. The van der Waals surface area contributed by atoms with Crippen molar-refractivity contribution in [3.8, 4) is 5.75 Å². The molecule has 0 spiro atoms. The highest BCUT2D eigenvalue weighted by Crippen LogP contribution is 2.21. The van der Waals surface area contributed by atoms with Crippen molar-refractivity contribution in [3.05, 3.63) is 41.1 Å². The molecule has 18 heavy (non-hydrogen) atoms. The molecule has 0 aliphatic rings. The van der Waals surface area contributed by atoms with E-state index in [1.54, 1.807) is 7.11 Å². The van der Waals surface area contributed by atoms with Crippen LogP contribution in [-0.2, 0) is 6.54 Å². The zero-order valence-corrected chi connectivity index (χ0v) is 11.2. The summed E-state index contributed by atoms with van der Waals surface area (Å²) in [4.78, 5) is 4.33. The van der Waals surface area contributed by atoms with Gasteiger partial charge in [0.05, 0.1) is 19.3 Å². The first-order chi connectivity index (χ1) is 8.60. The number of nitrogens with one attached hydrogen (secondary N) is 1. The summed E-state index contributed by atoms with van der Waals surface area (Å²) in [6, 6.07) is 5.97. The monoisotopic (exact) mass is 246 g/mol. The molecule has 4 heteroatoms. The molecule has 2 aromatic rings. The Morgan fingerprint density at radius 3 is 2.61 bits per heavy atom.